The first kappa shape index (κ1) is 22.9. The van der Waals surface area contributed by atoms with Gasteiger partial charge >= 0.3 is 0 Å². The zero-order valence-corrected chi connectivity index (χ0v) is 19.2. The van der Waals surface area contributed by atoms with E-state index in [9.17, 15) is 9.59 Å². The van der Waals surface area contributed by atoms with Crippen molar-refractivity contribution in [2.24, 2.45) is 5.73 Å². The molecule has 2 amide bonds. The van der Waals surface area contributed by atoms with Gasteiger partial charge < -0.3 is 21.7 Å². The number of hydrogen-bond donors (Lipinski definition) is 3. The van der Waals surface area contributed by atoms with Crippen LogP contribution >= 0.6 is 11.3 Å². The molecule has 5 N–H and O–H groups in total. The molecule has 0 spiro atoms. The molecule has 1 aliphatic heterocycles. The SMILES string of the molecule is Nc1nc(CCNC(=O)[C@@H]2CCCN2C(=O)[C@H](N)C(c2ccccc2)c2ccccc2)cs1. The Kier molecular flexibility index (Phi) is 7.36. The topological polar surface area (TPSA) is 114 Å². The van der Waals surface area contributed by atoms with Crippen LogP contribution in [-0.2, 0) is 16.0 Å². The molecule has 0 aliphatic carbocycles. The number of carbonyl (C=O) groups is 2. The van der Waals surface area contributed by atoms with Crippen molar-refractivity contribution < 1.29 is 9.59 Å². The van der Waals surface area contributed by atoms with Crippen molar-refractivity contribution in [1.29, 1.82) is 0 Å². The highest BCUT2D eigenvalue weighted by atomic mass is 32.1. The van der Waals surface area contributed by atoms with E-state index in [4.69, 9.17) is 11.5 Å². The number of nitrogens with two attached hydrogens (primary N) is 2. The zero-order chi connectivity index (χ0) is 23.2. The molecule has 7 nitrogen and oxygen atoms in total. The van der Waals surface area contributed by atoms with E-state index in [0.29, 0.717) is 31.1 Å². The van der Waals surface area contributed by atoms with E-state index in [2.05, 4.69) is 10.3 Å². The summed E-state index contributed by atoms with van der Waals surface area (Å²) in [6, 6.07) is 18.4. The molecule has 172 valence electrons. The first-order valence-corrected chi connectivity index (χ1v) is 12.1. The summed E-state index contributed by atoms with van der Waals surface area (Å²) in [5.74, 6) is -0.635. The number of likely N-dealkylation sites (tertiary alicyclic amines) is 1. The summed E-state index contributed by atoms with van der Waals surface area (Å²) in [5, 5.41) is 5.35. The van der Waals surface area contributed by atoms with Gasteiger partial charge in [0.2, 0.25) is 11.8 Å². The lowest BCUT2D eigenvalue weighted by Gasteiger charge is -2.31. The number of nitrogens with one attached hydrogen (secondary N) is 1. The van der Waals surface area contributed by atoms with Gasteiger partial charge in [-0.25, -0.2) is 4.98 Å². The summed E-state index contributed by atoms with van der Waals surface area (Å²) in [4.78, 5) is 32.3. The van der Waals surface area contributed by atoms with Crippen LogP contribution in [0.5, 0.6) is 0 Å². The van der Waals surface area contributed by atoms with Crippen molar-refractivity contribution in [3.05, 3.63) is 82.9 Å². The predicted molar refractivity (Wildman–Crippen MR) is 131 cm³/mol. The van der Waals surface area contributed by atoms with Crippen LogP contribution in [0.1, 0.15) is 35.6 Å². The van der Waals surface area contributed by atoms with Crippen molar-refractivity contribution >= 4 is 28.3 Å². The molecule has 0 saturated carbocycles. The summed E-state index contributed by atoms with van der Waals surface area (Å²) in [7, 11) is 0. The Morgan fingerprint density at radius 2 is 1.73 bits per heavy atom. The number of aromatic nitrogens is 1. The van der Waals surface area contributed by atoms with Crippen molar-refractivity contribution in [1.82, 2.24) is 15.2 Å². The molecular formula is C25H29N5O2S. The number of hydrogen-bond acceptors (Lipinski definition) is 6. The summed E-state index contributed by atoms with van der Waals surface area (Å²) in [6.07, 6.45) is 2.01. The van der Waals surface area contributed by atoms with Crippen LogP contribution in [0.4, 0.5) is 5.13 Å². The van der Waals surface area contributed by atoms with Gasteiger partial charge in [0.25, 0.3) is 0 Å². The van der Waals surface area contributed by atoms with E-state index < -0.39 is 12.1 Å². The zero-order valence-electron chi connectivity index (χ0n) is 18.4. The van der Waals surface area contributed by atoms with E-state index >= 15 is 0 Å². The predicted octanol–water partition coefficient (Wildman–Crippen LogP) is 2.53. The van der Waals surface area contributed by atoms with Crippen LogP contribution in [0.25, 0.3) is 0 Å². The standard InChI is InChI=1S/C25H29N5O2S/c26-22(21(17-8-3-1-4-9-17)18-10-5-2-6-11-18)24(32)30-15-7-12-20(30)23(31)28-14-13-19-16-33-25(27)29-19/h1-6,8-11,16,20-22H,7,12-15,26H2,(H2,27,29)(H,28,31)/t20-,22+/m0/s1. The highest BCUT2D eigenvalue weighted by molar-refractivity contribution is 7.13. The van der Waals surface area contributed by atoms with Gasteiger partial charge in [0, 0.05) is 30.8 Å². The van der Waals surface area contributed by atoms with E-state index in [1.54, 1.807) is 4.90 Å². The van der Waals surface area contributed by atoms with E-state index in [1.807, 2.05) is 66.0 Å². The van der Waals surface area contributed by atoms with Crippen LogP contribution < -0.4 is 16.8 Å². The lowest BCUT2D eigenvalue weighted by molar-refractivity contribution is -0.139. The maximum atomic E-state index is 13.5. The average Bonchev–Trinajstić information content (AvgIpc) is 3.49. The molecule has 2 atom stereocenters. The molecular weight excluding hydrogens is 434 g/mol. The van der Waals surface area contributed by atoms with Crippen LogP contribution in [0.3, 0.4) is 0 Å². The van der Waals surface area contributed by atoms with Crippen LogP contribution in [0.2, 0.25) is 0 Å². The van der Waals surface area contributed by atoms with Crippen molar-refractivity contribution in [2.45, 2.75) is 37.3 Å². The number of rotatable bonds is 8. The normalized spacial score (nSPS) is 16.7. The van der Waals surface area contributed by atoms with Gasteiger partial charge in [-0.2, -0.15) is 0 Å². The number of amides is 2. The molecule has 2 aromatic carbocycles. The minimum absolute atomic E-state index is 0.146. The maximum absolute atomic E-state index is 13.5. The van der Waals surface area contributed by atoms with Crippen molar-refractivity contribution in [3.63, 3.8) is 0 Å². The summed E-state index contributed by atoms with van der Waals surface area (Å²) < 4.78 is 0. The monoisotopic (exact) mass is 463 g/mol. The summed E-state index contributed by atoms with van der Waals surface area (Å²) >= 11 is 1.38. The molecule has 3 aromatic rings. The first-order chi connectivity index (χ1) is 16.0. The molecule has 1 saturated heterocycles. The Balaban J connectivity index is 1.46. The highest BCUT2D eigenvalue weighted by Gasteiger charge is 2.39. The third-order valence-electron chi connectivity index (χ3n) is 6.05. The molecule has 1 aliphatic rings. The third kappa shape index (κ3) is 5.40. The molecule has 0 unspecified atom stereocenters. The lowest BCUT2D eigenvalue weighted by atomic mass is 9.84. The van der Waals surface area contributed by atoms with E-state index in [1.165, 1.54) is 11.3 Å². The fourth-order valence-corrected chi connectivity index (χ4v) is 5.03. The minimum atomic E-state index is -0.791. The van der Waals surface area contributed by atoms with Gasteiger partial charge in [-0.3, -0.25) is 9.59 Å². The van der Waals surface area contributed by atoms with E-state index in [0.717, 1.165) is 23.2 Å². The van der Waals surface area contributed by atoms with Crippen LogP contribution in [-0.4, -0.2) is 46.9 Å². The second-order valence-corrected chi connectivity index (χ2v) is 9.12. The van der Waals surface area contributed by atoms with Crippen LogP contribution in [0.15, 0.2) is 66.0 Å². The number of thiazole rings is 1. The number of benzene rings is 2. The van der Waals surface area contributed by atoms with Crippen LogP contribution in [0, 0.1) is 0 Å². The Labute approximate surface area is 197 Å². The van der Waals surface area contributed by atoms with Crippen molar-refractivity contribution in [3.8, 4) is 0 Å². The van der Waals surface area contributed by atoms with Gasteiger partial charge in [-0.05, 0) is 24.0 Å². The summed E-state index contributed by atoms with van der Waals surface area (Å²) in [5.41, 5.74) is 15.1. The molecule has 2 heterocycles. The Morgan fingerprint density at radius 1 is 1.09 bits per heavy atom. The molecule has 4 rings (SSSR count). The third-order valence-corrected chi connectivity index (χ3v) is 6.77. The largest absolute Gasteiger partial charge is 0.375 e. The Morgan fingerprint density at radius 3 is 2.30 bits per heavy atom. The number of carbonyl (C=O) groups excluding carboxylic acids is 2. The first-order valence-electron chi connectivity index (χ1n) is 11.2. The Bertz CT molecular complexity index is 1030. The van der Waals surface area contributed by atoms with Gasteiger partial charge in [-0.15, -0.1) is 11.3 Å². The van der Waals surface area contributed by atoms with Gasteiger partial charge in [0.15, 0.2) is 5.13 Å². The molecule has 1 fully saturated rings. The fourth-order valence-electron chi connectivity index (χ4n) is 4.43. The van der Waals surface area contributed by atoms with Gasteiger partial charge in [0.05, 0.1) is 11.7 Å². The lowest BCUT2D eigenvalue weighted by Crippen LogP contribution is -2.53. The summed E-state index contributed by atoms with van der Waals surface area (Å²) in [6.45, 7) is 0.979. The number of nitrogen functional groups attached to an aromatic ring is 1. The van der Waals surface area contributed by atoms with Gasteiger partial charge in [0.1, 0.15) is 6.04 Å². The molecule has 0 radical (unpaired) electrons. The van der Waals surface area contributed by atoms with Crippen molar-refractivity contribution in [2.75, 3.05) is 18.8 Å². The smallest absolute Gasteiger partial charge is 0.242 e. The Hall–Kier alpha value is -3.23. The molecule has 33 heavy (non-hydrogen) atoms. The fraction of sp³-hybridized carbons (Fsp3) is 0.320. The molecule has 8 heteroatoms. The maximum Gasteiger partial charge on any atom is 0.242 e. The quantitative estimate of drug-likeness (QED) is 0.475. The molecule has 0 bridgehead atoms. The second kappa shape index (κ2) is 10.6. The highest BCUT2D eigenvalue weighted by Crippen LogP contribution is 2.30. The molecule has 1 aromatic heterocycles. The average molecular weight is 464 g/mol. The number of nitrogens with zero attached hydrogens (tertiary/aromatic N) is 2. The minimum Gasteiger partial charge on any atom is -0.375 e. The van der Waals surface area contributed by atoms with Gasteiger partial charge in [-0.1, -0.05) is 60.7 Å². The van der Waals surface area contributed by atoms with E-state index in [-0.39, 0.29) is 17.7 Å². The number of anilines is 1. The second-order valence-electron chi connectivity index (χ2n) is 8.23.